The van der Waals surface area contributed by atoms with E-state index in [2.05, 4.69) is 11.8 Å². The molecule has 3 heteroatoms. The summed E-state index contributed by atoms with van der Waals surface area (Å²) in [4.78, 5) is 2.35. The molecule has 90 valence electrons. The van der Waals surface area contributed by atoms with E-state index in [-0.39, 0.29) is 17.1 Å². The Morgan fingerprint density at radius 3 is 3.06 bits per heavy atom. The summed E-state index contributed by atoms with van der Waals surface area (Å²) in [6.45, 7) is 5.18. The molecule has 1 heterocycles. The van der Waals surface area contributed by atoms with Gasteiger partial charge in [0.2, 0.25) is 0 Å². The lowest BCUT2D eigenvalue weighted by Gasteiger charge is -2.34. The molecule has 0 bridgehead atoms. The van der Waals surface area contributed by atoms with Crippen LogP contribution in [0.5, 0.6) is 0 Å². The third-order valence-corrected chi connectivity index (χ3v) is 3.93. The van der Waals surface area contributed by atoms with Crippen LogP contribution in [0.4, 0.5) is 4.39 Å². The van der Waals surface area contributed by atoms with Crippen molar-refractivity contribution >= 4 is 11.6 Å². The molecule has 3 atom stereocenters. The maximum absolute atomic E-state index is 13.6. The van der Waals surface area contributed by atoms with Crippen LogP contribution in [-0.4, -0.2) is 29.9 Å². The fraction of sp³-hybridized carbons (Fsp3) is 0.692. The smallest absolute Gasteiger partial charge is 0.106 e. The molecule has 0 aromatic carbocycles. The van der Waals surface area contributed by atoms with Crippen LogP contribution in [0.3, 0.4) is 0 Å². The van der Waals surface area contributed by atoms with E-state index in [9.17, 15) is 4.39 Å². The largest absolute Gasteiger partial charge is 0.302 e. The molecule has 0 N–H and O–H groups in total. The Morgan fingerprint density at radius 2 is 2.38 bits per heavy atom. The number of alkyl halides is 1. The molecular weight excluding hydrogens is 225 g/mol. The van der Waals surface area contributed by atoms with Gasteiger partial charge >= 0.3 is 0 Å². The zero-order chi connectivity index (χ0) is 11.5. The molecule has 0 saturated carbocycles. The van der Waals surface area contributed by atoms with Crippen molar-refractivity contribution in [3.05, 3.63) is 24.1 Å². The second kappa shape index (κ2) is 5.33. The lowest BCUT2D eigenvalue weighted by atomic mass is 9.95. The van der Waals surface area contributed by atoms with Gasteiger partial charge in [-0.25, -0.2) is 4.39 Å². The van der Waals surface area contributed by atoms with Gasteiger partial charge in [-0.1, -0.05) is 19.1 Å². The fourth-order valence-corrected chi connectivity index (χ4v) is 2.87. The van der Waals surface area contributed by atoms with Crippen molar-refractivity contribution in [2.45, 2.75) is 25.1 Å². The molecular formula is C13H19ClFN. The van der Waals surface area contributed by atoms with Crippen molar-refractivity contribution in [3.8, 4) is 0 Å². The first-order valence-corrected chi connectivity index (χ1v) is 6.51. The predicted molar refractivity (Wildman–Crippen MR) is 66.3 cm³/mol. The summed E-state index contributed by atoms with van der Waals surface area (Å²) in [5, 5.41) is -0.192. The molecule has 2 aliphatic rings. The third kappa shape index (κ3) is 2.86. The number of halogens is 2. The summed E-state index contributed by atoms with van der Waals surface area (Å²) < 4.78 is 13.6. The molecule has 1 fully saturated rings. The van der Waals surface area contributed by atoms with Crippen molar-refractivity contribution in [2.75, 3.05) is 19.6 Å². The normalized spacial score (nSPS) is 36.2. The van der Waals surface area contributed by atoms with E-state index < -0.39 is 0 Å². The first kappa shape index (κ1) is 12.1. The lowest BCUT2D eigenvalue weighted by molar-refractivity contribution is 0.161. The van der Waals surface area contributed by atoms with Crippen molar-refractivity contribution in [1.82, 2.24) is 4.90 Å². The average molecular weight is 244 g/mol. The van der Waals surface area contributed by atoms with E-state index in [4.69, 9.17) is 11.6 Å². The average Bonchev–Trinajstić information content (AvgIpc) is 2.24. The molecule has 0 aromatic rings. The van der Waals surface area contributed by atoms with E-state index >= 15 is 0 Å². The maximum Gasteiger partial charge on any atom is 0.106 e. The Kier molecular flexibility index (Phi) is 4.04. The number of hydrogen-bond donors (Lipinski definition) is 0. The number of piperidine rings is 1. The summed E-state index contributed by atoms with van der Waals surface area (Å²) in [5.74, 6) is 0.506. The molecule has 2 rings (SSSR count). The SMILES string of the molecule is C[C@@H]1CCCN(CC2C(F)=CC=CC2Cl)C1. The van der Waals surface area contributed by atoms with Crippen LogP contribution in [0, 0.1) is 11.8 Å². The topological polar surface area (TPSA) is 3.24 Å². The number of allylic oxidation sites excluding steroid dienone is 3. The molecule has 2 unspecified atom stereocenters. The maximum atomic E-state index is 13.6. The van der Waals surface area contributed by atoms with Crippen LogP contribution in [0.1, 0.15) is 19.8 Å². The molecule has 0 radical (unpaired) electrons. The standard InChI is InChI=1S/C13H19ClFN/c1-10-4-3-7-16(8-10)9-11-12(14)5-2-6-13(11)15/h2,5-6,10-12H,3-4,7-9H2,1H3/t10-,11?,12?/m1/s1. The van der Waals surface area contributed by atoms with Gasteiger partial charge in [0.05, 0.1) is 5.38 Å². The van der Waals surface area contributed by atoms with Gasteiger partial charge in [-0.05, 0) is 31.4 Å². The lowest BCUT2D eigenvalue weighted by Crippen LogP contribution is -2.40. The molecule has 16 heavy (non-hydrogen) atoms. The van der Waals surface area contributed by atoms with Gasteiger partial charge in [0.25, 0.3) is 0 Å². The number of rotatable bonds is 2. The second-order valence-corrected chi connectivity index (χ2v) is 5.50. The van der Waals surface area contributed by atoms with Crippen LogP contribution in [0.2, 0.25) is 0 Å². The summed E-state index contributed by atoms with van der Waals surface area (Å²) >= 11 is 6.14. The van der Waals surface area contributed by atoms with Gasteiger partial charge in [-0.2, -0.15) is 0 Å². The van der Waals surface area contributed by atoms with Crippen LogP contribution in [0.15, 0.2) is 24.1 Å². The highest BCUT2D eigenvalue weighted by molar-refractivity contribution is 6.22. The first-order valence-electron chi connectivity index (χ1n) is 6.07. The van der Waals surface area contributed by atoms with E-state index in [1.54, 1.807) is 6.08 Å². The minimum Gasteiger partial charge on any atom is -0.302 e. The molecule has 0 aromatic heterocycles. The third-order valence-electron chi connectivity index (χ3n) is 3.49. The monoisotopic (exact) mass is 243 g/mol. The minimum absolute atomic E-state index is 0.0688. The molecule has 0 amide bonds. The highest BCUT2D eigenvalue weighted by Gasteiger charge is 2.27. The Hall–Kier alpha value is -0.340. The van der Waals surface area contributed by atoms with Gasteiger partial charge in [0, 0.05) is 19.0 Å². The van der Waals surface area contributed by atoms with E-state index in [0.29, 0.717) is 0 Å². The van der Waals surface area contributed by atoms with Crippen LogP contribution in [-0.2, 0) is 0 Å². The molecule has 0 spiro atoms. The summed E-state index contributed by atoms with van der Waals surface area (Å²) in [6.07, 6.45) is 7.65. The second-order valence-electron chi connectivity index (χ2n) is 4.99. The van der Waals surface area contributed by atoms with Gasteiger partial charge in [0.1, 0.15) is 5.83 Å². The van der Waals surface area contributed by atoms with Crippen molar-refractivity contribution in [2.24, 2.45) is 11.8 Å². The van der Waals surface area contributed by atoms with Gasteiger partial charge < -0.3 is 4.90 Å². The molecule has 1 aliphatic carbocycles. The quantitative estimate of drug-likeness (QED) is 0.673. The zero-order valence-electron chi connectivity index (χ0n) is 9.70. The van der Waals surface area contributed by atoms with Gasteiger partial charge in [-0.3, -0.25) is 0 Å². The van der Waals surface area contributed by atoms with E-state index in [0.717, 1.165) is 25.6 Å². The Labute approximate surface area is 102 Å². The Balaban J connectivity index is 1.93. The molecule has 1 saturated heterocycles. The Bertz CT molecular complexity index is 300. The van der Waals surface area contributed by atoms with E-state index in [1.165, 1.54) is 18.9 Å². The van der Waals surface area contributed by atoms with Crippen LogP contribution < -0.4 is 0 Å². The Morgan fingerprint density at radius 1 is 1.56 bits per heavy atom. The summed E-state index contributed by atoms with van der Waals surface area (Å²) in [6, 6.07) is 0. The molecule has 1 aliphatic heterocycles. The summed E-state index contributed by atoms with van der Waals surface area (Å²) in [7, 11) is 0. The van der Waals surface area contributed by atoms with Crippen LogP contribution in [0.25, 0.3) is 0 Å². The molecule has 1 nitrogen and oxygen atoms in total. The van der Waals surface area contributed by atoms with Crippen molar-refractivity contribution in [1.29, 1.82) is 0 Å². The predicted octanol–water partition coefficient (Wildman–Crippen LogP) is 3.37. The fourth-order valence-electron chi connectivity index (χ4n) is 2.58. The van der Waals surface area contributed by atoms with Gasteiger partial charge in [0.15, 0.2) is 0 Å². The van der Waals surface area contributed by atoms with Crippen molar-refractivity contribution in [3.63, 3.8) is 0 Å². The van der Waals surface area contributed by atoms with Gasteiger partial charge in [-0.15, -0.1) is 11.6 Å². The number of hydrogen-bond acceptors (Lipinski definition) is 1. The first-order chi connectivity index (χ1) is 7.66. The minimum atomic E-state index is -0.192. The zero-order valence-corrected chi connectivity index (χ0v) is 10.5. The highest BCUT2D eigenvalue weighted by Crippen LogP contribution is 2.28. The number of nitrogens with zero attached hydrogens (tertiary/aromatic N) is 1. The summed E-state index contributed by atoms with van der Waals surface area (Å²) in [5.41, 5.74) is 0. The van der Waals surface area contributed by atoms with Crippen molar-refractivity contribution < 1.29 is 4.39 Å². The highest BCUT2D eigenvalue weighted by atomic mass is 35.5. The number of likely N-dealkylation sites (tertiary alicyclic amines) is 1. The van der Waals surface area contributed by atoms with E-state index in [1.807, 2.05) is 6.08 Å². The van der Waals surface area contributed by atoms with Crippen LogP contribution >= 0.6 is 11.6 Å².